The first-order valence-electron chi connectivity index (χ1n) is 14.3. The van der Waals surface area contributed by atoms with Crippen molar-refractivity contribution in [2.45, 2.75) is 24.3 Å². The van der Waals surface area contributed by atoms with Gasteiger partial charge in [0, 0.05) is 16.5 Å². The second-order valence-electron chi connectivity index (χ2n) is 10.4. The molecular weight excluding hydrogens is 699 g/mol. The van der Waals surface area contributed by atoms with E-state index >= 15 is 0 Å². The molecule has 5 aromatic carbocycles. The van der Waals surface area contributed by atoms with Crippen LogP contribution in [0.5, 0.6) is 0 Å². The summed E-state index contributed by atoms with van der Waals surface area (Å²) < 4.78 is 29.6. The van der Waals surface area contributed by atoms with Crippen LogP contribution in [-0.2, 0) is 21.2 Å². The molecule has 2 N–H and O–H groups in total. The number of rotatable bonds is 11. The Balaban J connectivity index is 1.39. The number of anilines is 1. The van der Waals surface area contributed by atoms with E-state index in [0.29, 0.717) is 3.57 Å². The van der Waals surface area contributed by atoms with Crippen molar-refractivity contribution in [3.05, 3.63) is 142 Å². The van der Waals surface area contributed by atoms with E-state index in [1.807, 2.05) is 108 Å². The molecule has 0 radical (unpaired) electrons. The third-order valence-electron chi connectivity index (χ3n) is 7.41. The lowest BCUT2D eigenvalue weighted by Crippen LogP contribution is -2.43. The molecule has 7 nitrogen and oxygen atoms in total. The highest BCUT2D eigenvalue weighted by atomic mass is 127. The van der Waals surface area contributed by atoms with Crippen LogP contribution in [0.3, 0.4) is 0 Å². The Morgan fingerprint density at radius 1 is 0.756 bits per heavy atom. The average molecular weight is 731 g/mol. The summed E-state index contributed by atoms with van der Waals surface area (Å²) in [6, 6.07) is 37.2. The van der Waals surface area contributed by atoms with Gasteiger partial charge < -0.3 is 10.4 Å². The van der Waals surface area contributed by atoms with E-state index in [0.717, 1.165) is 27.8 Å². The van der Waals surface area contributed by atoms with E-state index in [9.17, 15) is 23.1 Å². The van der Waals surface area contributed by atoms with Gasteiger partial charge in [0.05, 0.1) is 16.1 Å². The van der Waals surface area contributed by atoms with Crippen LogP contribution in [0.4, 0.5) is 5.69 Å². The highest BCUT2D eigenvalue weighted by Gasteiger charge is 2.29. The molecule has 0 aromatic heterocycles. The topological polar surface area (TPSA) is 104 Å². The van der Waals surface area contributed by atoms with Gasteiger partial charge in [0.25, 0.3) is 15.9 Å². The minimum Gasteiger partial charge on any atom is -0.480 e. The highest BCUT2D eigenvalue weighted by Crippen LogP contribution is 2.30. The van der Waals surface area contributed by atoms with Gasteiger partial charge in [-0.25, -0.2) is 13.2 Å². The van der Waals surface area contributed by atoms with Crippen LogP contribution in [0.2, 0.25) is 0 Å². The summed E-state index contributed by atoms with van der Waals surface area (Å²) in [6.45, 7) is 1.74. The Labute approximate surface area is 276 Å². The summed E-state index contributed by atoms with van der Waals surface area (Å²) >= 11 is 2.04. The smallest absolute Gasteiger partial charge is 0.326 e. The minimum absolute atomic E-state index is 0.0545. The van der Waals surface area contributed by atoms with Gasteiger partial charge in [0.1, 0.15) is 6.04 Å². The number of benzene rings is 5. The Morgan fingerprint density at radius 2 is 1.27 bits per heavy atom. The van der Waals surface area contributed by atoms with Crippen LogP contribution in [0.1, 0.15) is 22.8 Å². The van der Waals surface area contributed by atoms with Crippen LogP contribution >= 0.6 is 22.6 Å². The fourth-order valence-electron chi connectivity index (χ4n) is 5.09. The average Bonchev–Trinajstić information content (AvgIpc) is 3.06. The predicted octanol–water partition coefficient (Wildman–Crippen LogP) is 7.27. The summed E-state index contributed by atoms with van der Waals surface area (Å²) in [7, 11) is -4.06. The standard InChI is InChI=1S/C36H31IN2O5S/c1-2-39(45(43,44)31-20-17-29(18-21-31)27-11-7-4-8-12-27)34-22-19-30(37)24-32(34)35(40)38-33(36(41)42)23-25-13-15-28(16-14-25)26-9-5-3-6-10-26/h3-22,24,33H,2,23H2,1H3,(H,38,40)(H,41,42)/t33-/m0/s1. The molecule has 1 amide bonds. The molecule has 0 saturated heterocycles. The van der Waals surface area contributed by atoms with Crippen LogP contribution in [0.15, 0.2) is 132 Å². The number of carbonyl (C=O) groups excluding carboxylic acids is 1. The zero-order chi connectivity index (χ0) is 32.0. The first-order chi connectivity index (χ1) is 21.7. The van der Waals surface area contributed by atoms with Gasteiger partial charge in [-0.05, 0) is 87.7 Å². The van der Waals surface area contributed by atoms with Gasteiger partial charge in [-0.1, -0.05) is 97.1 Å². The van der Waals surface area contributed by atoms with Gasteiger partial charge >= 0.3 is 5.97 Å². The van der Waals surface area contributed by atoms with E-state index in [4.69, 9.17) is 0 Å². The van der Waals surface area contributed by atoms with Crippen molar-refractivity contribution in [1.82, 2.24) is 5.32 Å². The molecule has 0 spiro atoms. The molecule has 228 valence electrons. The summed E-state index contributed by atoms with van der Waals surface area (Å²) in [6.07, 6.45) is 0.0545. The predicted molar refractivity (Wildman–Crippen MR) is 186 cm³/mol. The summed E-state index contributed by atoms with van der Waals surface area (Å²) in [5.74, 6) is -1.87. The van der Waals surface area contributed by atoms with Crippen molar-refractivity contribution in [1.29, 1.82) is 0 Å². The molecule has 0 aliphatic heterocycles. The van der Waals surface area contributed by atoms with Gasteiger partial charge in [-0.2, -0.15) is 0 Å². The van der Waals surface area contributed by atoms with Crippen molar-refractivity contribution < 1.29 is 23.1 Å². The second kappa shape index (κ2) is 14.1. The lowest BCUT2D eigenvalue weighted by molar-refractivity contribution is -0.139. The van der Waals surface area contributed by atoms with E-state index in [2.05, 4.69) is 5.32 Å². The Morgan fingerprint density at radius 3 is 1.78 bits per heavy atom. The van der Waals surface area contributed by atoms with E-state index in [-0.39, 0.29) is 29.1 Å². The van der Waals surface area contributed by atoms with Crippen LogP contribution in [0.25, 0.3) is 22.3 Å². The van der Waals surface area contributed by atoms with Crippen LogP contribution in [-0.4, -0.2) is 38.0 Å². The molecule has 5 rings (SSSR count). The first kappa shape index (κ1) is 31.9. The lowest BCUT2D eigenvalue weighted by atomic mass is 10.0. The number of hydrogen-bond donors (Lipinski definition) is 2. The molecule has 0 aliphatic carbocycles. The molecule has 0 aliphatic rings. The molecule has 45 heavy (non-hydrogen) atoms. The number of carbonyl (C=O) groups is 2. The normalized spacial score (nSPS) is 11.9. The highest BCUT2D eigenvalue weighted by molar-refractivity contribution is 14.1. The largest absolute Gasteiger partial charge is 0.480 e. The lowest BCUT2D eigenvalue weighted by Gasteiger charge is -2.26. The third kappa shape index (κ3) is 7.43. The number of carboxylic acids is 1. The number of halogens is 1. The third-order valence-corrected chi connectivity index (χ3v) is 9.99. The molecule has 1 atom stereocenters. The number of nitrogens with zero attached hydrogens (tertiary/aromatic N) is 1. The Bertz CT molecular complexity index is 1900. The Kier molecular flexibility index (Phi) is 9.99. The molecule has 5 aromatic rings. The minimum atomic E-state index is -4.06. The number of sulfonamides is 1. The maximum absolute atomic E-state index is 13.9. The van der Waals surface area contributed by atoms with Crippen molar-refractivity contribution in [2.75, 3.05) is 10.8 Å². The number of aliphatic carboxylic acids is 1. The monoisotopic (exact) mass is 730 g/mol. The van der Waals surface area contributed by atoms with E-state index < -0.39 is 27.9 Å². The Hall–Kier alpha value is -4.48. The maximum Gasteiger partial charge on any atom is 0.326 e. The van der Waals surface area contributed by atoms with E-state index in [1.54, 1.807) is 49.4 Å². The van der Waals surface area contributed by atoms with Crippen molar-refractivity contribution in [2.24, 2.45) is 0 Å². The molecule has 0 bridgehead atoms. The fraction of sp³-hybridized carbons (Fsp3) is 0.111. The molecule has 9 heteroatoms. The number of carboxylic acid groups (broad SMARTS) is 1. The SMILES string of the molecule is CCN(c1ccc(I)cc1C(=O)N[C@@H](Cc1ccc(-c2ccccc2)cc1)C(=O)O)S(=O)(=O)c1ccc(-c2ccccc2)cc1. The number of nitrogens with one attached hydrogen (secondary N) is 1. The number of amides is 1. The first-order valence-corrected chi connectivity index (χ1v) is 16.8. The van der Waals surface area contributed by atoms with Crippen molar-refractivity contribution in [3.8, 4) is 22.3 Å². The summed E-state index contributed by atoms with van der Waals surface area (Å²) in [5.41, 5.74) is 4.85. The quantitative estimate of drug-likeness (QED) is 0.139. The van der Waals surface area contributed by atoms with E-state index in [1.165, 1.54) is 4.31 Å². The zero-order valence-corrected chi connectivity index (χ0v) is 27.4. The van der Waals surface area contributed by atoms with Crippen LogP contribution < -0.4 is 9.62 Å². The molecule has 0 fully saturated rings. The zero-order valence-electron chi connectivity index (χ0n) is 24.4. The van der Waals surface area contributed by atoms with Gasteiger partial charge in [0.2, 0.25) is 0 Å². The van der Waals surface area contributed by atoms with Crippen molar-refractivity contribution >= 4 is 50.2 Å². The summed E-state index contributed by atoms with van der Waals surface area (Å²) in [4.78, 5) is 26.0. The second-order valence-corrected chi connectivity index (χ2v) is 13.5. The van der Waals surface area contributed by atoms with Gasteiger partial charge in [-0.15, -0.1) is 0 Å². The van der Waals surface area contributed by atoms with Crippen molar-refractivity contribution in [3.63, 3.8) is 0 Å². The molecule has 0 unspecified atom stereocenters. The molecule has 0 heterocycles. The maximum atomic E-state index is 13.9. The number of hydrogen-bond acceptors (Lipinski definition) is 4. The van der Waals surface area contributed by atoms with Crippen LogP contribution in [0, 0.1) is 3.57 Å². The fourth-order valence-corrected chi connectivity index (χ4v) is 7.07. The van der Waals surface area contributed by atoms with Gasteiger partial charge in [-0.3, -0.25) is 9.10 Å². The summed E-state index contributed by atoms with van der Waals surface area (Å²) in [5, 5.41) is 12.6. The molecular formula is C36H31IN2O5S. The molecule has 0 saturated carbocycles. The van der Waals surface area contributed by atoms with Gasteiger partial charge in [0.15, 0.2) is 0 Å².